The standard InChI is InChI=1S/C17H17BrO3/c1-3-21-17(20)16(12-5-7-13(18)8-6-12)14-10-11(2)4-9-15(14)19/h4-10,16,19H,3H2,1-2H3. The number of aryl methyl sites for hydroxylation is 1. The van der Waals surface area contributed by atoms with Crippen LogP contribution in [0, 0.1) is 6.92 Å². The molecule has 0 saturated carbocycles. The molecule has 1 atom stereocenters. The van der Waals surface area contributed by atoms with Crippen molar-refractivity contribution in [2.24, 2.45) is 0 Å². The number of rotatable bonds is 4. The third-order valence-corrected chi connectivity index (χ3v) is 3.75. The molecular formula is C17H17BrO3. The van der Waals surface area contributed by atoms with Gasteiger partial charge in [0.05, 0.1) is 6.61 Å². The molecule has 0 radical (unpaired) electrons. The molecule has 0 saturated heterocycles. The number of carbonyl (C=O) groups is 1. The zero-order valence-corrected chi connectivity index (χ0v) is 13.6. The quantitative estimate of drug-likeness (QED) is 0.844. The first-order valence-corrected chi connectivity index (χ1v) is 7.54. The van der Waals surface area contributed by atoms with E-state index in [1.807, 2.05) is 43.3 Å². The van der Waals surface area contributed by atoms with Crippen LogP contribution >= 0.6 is 15.9 Å². The summed E-state index contributed by atoms with van der Waals surface area (Å²) in [5.41, 5.74) is 2.34. The number of phenolic OH excluding ortho intramolecular Hbond substituents is 1. The summed E-state index contributed by atoms with van der Waals surface area (Å²) in [6.45, 7) is 4.00. The largest absolute Gasteiger partial charge is 0.508 e. The van der Waals surface area contributed by atoms with Gasteiger partial charge in [0, 0.05) is 10.0 Å². The van der Waals surface area contributed by atoms with Crippen LogP contribution in [-0.4, -0.2) is 17.7 Å². The van der Waals surface area contributed by atoms with E-state index in [1.54, 1.807) is 13.0 Å². The van der Waals surface area contributed by atoms with Crippen molar-refractivity contribution in [2.75, 3.05) is 6.61 Å². The van der Waals surface area contributed by atoms with Crippen molar-refractivity contribution in [1.29, 1.82) is 0 Å². The normalized spacial score (nSPS) is 12.0. The highest BCUT2D eigenvalue weighted by Crippen LogP contribution is 2.33. The molecule has 110 valence electrons. The number of carbonyl (C=O) groups excluding carboxylic acids is 1. The first kappa shape index (κ1) is 15.6. The number of aromatic hydroxyl groups is 1. The average molecular weight is 349 g/mol. The molecule has 0 aliphatic carbocycles. The number of halogens is 1. The fourth-order valence-corrected chi connectivity index (χ4v) is 2.49. The fourth-order valence-electron chi connectivity index (χ4n) is 2.23. The molecular weight excluding hydrogens is 332 g/mol. The molecule has 3 nitrogen and oxygen atoms in total. The maximum absolute atomic E-state index is 12.3. The van der Waals surface area contributed by atoms with Gasteiger partial charge in [-0.25, -0.2) is 0 Å². The number of esters is 1. The van der Waals surface area contributed by atoms with E-state index in [-0.39, 0.29) is 11.7 Å². The van der Waals surface area contributed by atoms with Gasteiger partial charge in [-0.2, -0.15) is 0 Å². The molecule has 0 aromatic heterocycles. The second-order valence-electron chi connectivity index (χ2n) is 4.80. The van der Waals surface area contributed by atoms with Crippen molar-refractivity contribution in [3.63, 3.8) is 0 Å². The molecule has 1 unspecified atom stereocenters. The number of hydrogen-bond acceptors (Lipinski definition) is 3. The molecule has 21 heavy (non-hydrogen) atoms. The Labute approximate surface area is 132 Å². The Morgan fingerprint density at radius 3 is 2.52 bits per heavy atom. The van der Waals surface area contributed by atoms with E-state index in [0.717, 1.165) is 15.6 Å². The molecule has 0 heterocycles. The summed E-state index contributed by atoms with van der Waals surface area (Å²) in [5.74, 6) is -0.889. The first-order valence-electron chi connectivity index (χ1n) is 6.74. The summed E-state index contributed by atoms with van der Waals surface area (Å²) < 4.78 is 6.11. The van der Waals surface area contributed by atoms with Crippen molar-refractivity contribution < 1.29 is 14.6 Å². The summed E-state index contributed by atoms with van der Waals surface area (Å²) in [6.07, 6.45) is 0. The van der Waals surface area contributed by atoms with E-state index in [1.165, 1.54) is 0 Å². The Bertz CT molecular complexity index is 635. The molecule has 0 aliphatic rings. The number of hydrogen-bond donors (Lipinski definition) is 1. The average Bonchev–Trinajstić information content (AvgIpc) is 2.45. The maximum Gasteiger partial charge on any atom is 0.318 e. The van der Waals surface area contributed by atoms with Gasteiger partial charge < -0.3 is 9.84 Å². The van der Waals surface area contributed by atoms with Crippen molar-refractivity contribution in [3.8, 4) is 5.75 Å². The van der Waals surface area contributed by atoms with Crippen LogP contribution in [0.4, 0.5) is 0 Å². The molecule has 0 aliphatic heterocycles. The highest BCUT2D eigenvalue weighted by Gasteiger charge is 2.26. The summed E-state index contributed by atoms with van der Waals surface area (Å²) in [6, 6.07) is 12.7. The van der Waals surface area contributed by atoms with Gasteiger partial charge in [-0.15, -0.1) is 0 Å². The summed E-state index contributed by atoms with van der Waals surface area (Å²) in [4.78, 5) is 12.3. The molecule has 0 spiro atoms. The van der Waals surface area contributed by atoms with E-state index in [4.69, 9.17) is 4.74 Å². The van der Waals surface area contributed by atoms with E-state index >= 15 is 0 Å². The third kappa shape index (κ3) is 3.64. The van der Waals surface area contributed by atoms with Crippen LogP contribution in [0.25, 0.3) is 0 Å². The number of benzene rings is 2. The minimum Gasteiger partial charge on any atom is -0.508 e. The van der Waals surface area contributed by atoms with Crippen LogP contribution in [0.3, 0.4) is 0 Å². The van der Waals surface area contributed by atoms with Crippen molar-refractivity contribution in [2.45, 2.75) is 19.8 Å². The van der Waals surface area contributed by atoms with Crippen LogP contribution in [-0.2, 0) is 9.53 Å². The van der Waals surface area contributed by atoms with E-state index < -0.39 is 5.92 Å². The monoisotopic (exact) mass is 348 g/mol. The topological polar surface area (TPSA) is 46.5 Å². The molecule has 0 amide bonds. The van der Waals surface area contributed by atoms with E-state index in [2.05, 4.69) is 15.9 Å². The minimum absolute atomic E-state index is 0.0987. The van der Waals surface area contributed by atoms with Crippen LogP contribution < -0.4 is 0 Å². The zero-order chi connectivity index (χ0) is 15.4. The highest BCUT2D eigenvalue weighted by molar-refractivity contribution is 9.10. The van der Waals surface area contributed by atoms with E-state index in [0.29, 0.717) is 12.2 Å². The van der Waals surface area contributed by atoms with Crippen molar-refractivity contribution >= 4 is 21.9 Å². The van der Waals surface area contributed by atoms with Crippen LogP contribution in [0.1, 0.15) is 29.5 Å². The lowest BCUT2D eigenvalue weighted by molar-refractivity contribution is -0.143. The van der Waals surface area contributed by atoms with Gasteiger partial charge >= 0.3 is 5.97 Å². The van der Waals surface area contributed by atoms with Crippen molar-refractivity contribution in [3.05, 3.63) is 63.6 Å². The third-order valence-electron chi connectivity index (χ3n) is 3.22. The van der Waals surface area contributed by atoms with Crippen molar-refractivity contribution in [1.82, 2.24) is 0 Å². The summed E-state index contributed by atoms with van der Waals surface area (Å²) >= 11 is 3.38. The molecule has 0 fully saturated rings. The Morgan fingerprint density at radius 1 is 1.24 bits per heavy atom. The number of phenols is 1. The Hall–Kier alpha value is -1.81. The molecule has 0 bridgehead atoms. The SMILES string of the molecule is CCOC(=O)C(c1ccc(Br)cc1)c1cc(C)ccc1O. The maximum atomic E-state index is 12.3. The van der Waals surface area contributed by atoms with Gasteiger partial charge in [0.25, 0.3) is 0 Å². The lowest BCUT2D eigenvalue weighted by atomic mass is 9.90. The van der Waals surface area contributed by atoms with Crippen LogP contribution in [0.2, 0.25) is 0 Å². The lowest BCUT2D eigenvalue weighted by Gasteiger charge is -2.18. The second-order valence-corrected chi connectivity index (χ2v) is 5.71. The van der Waals surface area contributed by atoms with E-state index in [9.17, 15) is 9.90 Å². The summed E-state index contributed by atoms with van der Waals surface area (Å²) in [5, 5.41) is 10.1. The van der Waals surface area contributed by atoms with Gasteiger partial charge in [0.1, 0.15) is 11.7 Å². The molecule has 2 rings (SSSR count). The molecule has 1 N–H and O–H groups in total. The smallest absolute Gasteiger partial charge is 0.318 e. The Balaban J connectivity index is 2.52. The predicted molar refractivity (Wildman–Crippen MR) is 85.5 cm³/mol. The predicted octanol–water partition coefficient (Wildman–Crippen LogP) is 4.16. The zero-order valence-electron chi connectivity index (χ0n) is 12.0. The number of ether oxygens (including phenoxy) is 1. The lowest BCUT2D eigenvalue weighted by Crippen LogP contribution is -2.17. The Morgan fingerprint density at radius 2 is 1.90 bits per heavy atom. The van der Waals surface area contributed by atoms with Gasteiger partial charge in [-0.1, -0.05) is 45.8 Å². The minimum atomic E-state index is -0.627. The van der Waals surface area contributed by atoms with Gasteiger partial charge in [-0.05, 0) is 37.6 Å². The Kier molecular flexibility index (Phi) is 5.02. The summed E-state index contributed by atoms with van der Waals surface area (Å²) in [7, 11) is 0. The molecule has 4 heteroatoms. The van der Waals surface area contributed by atoms with Gasteiger partial charge in [0.15, 0.2) is 0 Å². The highest BCUT2D eigenvalue weighted by atomic mass is 79.9. The van der Waals surface area contributed by atoms with Gasteiger partial charge in [0.2, 0.25) is 0 Å². The van der Waals surface area contributed by atoms with Crippen LogP contribution in [0.15, 0.2) is 46.9 Å². The first-order chi connectivity index (χ1) is 10.0. The molecule has 2 aromatic rings. The van der Waals surface area contributed by atoms with Gasteiger partial charge in [-0.3, -0.25) is 4.79 Å². The van der Waals surface area contributed by atoms with Crippen LogP contribution in [0.5, 0.6) is 5.75 Å². The molecule has 2 aromatic carbocycles. The fraction of sp³-hybridized carbons (Fsp3) is 0.235. The second kappa shape index (κ2) is 6.76.